The van der Waals surface area contributed by atoms with E-state index >= 15 is 8.78 Å². The van der Waals surface area contributed by atoms with Crippen LogP contribution in [0.1, 0.15) is 48.2 Å². The van der Waals surface area contributed by atoms with Crippen molar-refractivity contribution in [3.8, 4) is 17.5 Å². The van der Waals surface area contributed by atoms with Crippen LogP contribution in [0.25, 0.3) is 11.4 Å². The van der Waals surface area contributed by atoms with E-state index in [1.54, 1.807) is 17.8 Å². The number of aromatic nitrogens is 6. The molecule has 2 unspecified atom stereocenters. The Morgan fingerprint density at radius 3 is 2.54 bits per heavy atom. The molecule has 4 aromatic rings. The maximum Gasteiger partial charge on any atom is 0.232 e. The first-order valence-corrected chi connectivity index (χ1v) is 14.4. The van der Waals surface area contributed by atoms with Crippen LogP contribution < -0.4 is 10.2 Å². The molecule has 10 nitrogen and oxygen atoms in total. The van der Waals surface area contributed by atoms with E-state index in [-0.39, 0.29) is 34.2 Å². The fourth-order valence-electron chi connectivity index (χ4n) is 5.24. The number of benzene rings is 1. The maximum atomic E-state index is 15.5. The number of nitrogens with one attached hydrogen (secondary N) is 2. The van der Waals surface area contributed by atoms with Crippen molar-refractivity contribution < 1.29 is 13.0 Å². The molecule has 6 bridgehead atoms. The Morgan fingerprint density at radius 2 is 1.87 bits per heavy atom. The quantitative estimate of drug-likeness (QED) is 0.359. The zero-order chi connectivity index (χ0) is 27.2. The molecule has 2 aliphatic carbocycles. The van der Waals surface area contributed by atoms with Gasteiger partial charge in [-0.15, -0.1) is 0 Å². The molecule has 5 heterocycles. The molecule has 13 heteroatoms. The van der Waals surface area contributed by atoms with Gasteiger partial charge < -0.3 is 14.8 Å². The highest BCUT2D eigenvalue weighted by molar-refractivity contribution is 8.02. The Balaban J connectivity index is 1.51. The normalized spacial score (nSPS) is 21.6. The van der Waals surface area contributed by atoms with Crippen LogP contribution in [0, 0.1) is 23.0 Å². The van der Waals surface area contributed by atoms with E-state index in [2.05, 4.69) is 26.6 Å². The molecular weight excluding hydrogens is 524 g/mol. The Labute approximate surface area is 222 Å². The number of imidazole rings is 1. The molecule has 2 fully saturated rings. The number of anilines is 4. The van der Waals surface area contributed by atoms with Crippen LogP contribution in [-0.2, 0) is 16.6 Å². The number of aryl methyl sites for hydroxylation is 1. The lowest BCUT2D eigenvalue weighted by Crippen LogP contribution is -2.19. The number of aromatic amines is 1. The molecule has 1 aromatic carbocycles. The van der Waals surface area contributed by atoms with Crippen LogP contribution >= 0.6 is 0 Å². The summed E-state index contributed by atoms with van der Waals surface area (Å²) in [5.41, 5.74) is 2.13. The van der Waals surface area contributed by atoms with Gasteiger partial charge >= 0.3 is 0 Å². The average molecular weight is 548 g/mol. The number of fused-ring (bicyclic) bond motifs is 2. The van der Waals surface area contributed by atoms with Crippen molar-refractivity contribution in [2.45, 2.75) is 36.0 Å². The standard InChI is InChI=1S/C26H23F2N9OS/c1-36-11-18(30-21(36)10-29)23-22(12-4-5-12)25-31-20-9-17(34-35-20)14-8-19(14)39(3,38)13-6-15(27)24(16(28)7-13)37(2)26(32-23)33-25/h6-7,9,11-12,14H,4-5,8H2,1-3H3,(H2,31,32,33,34,35). The summed E-state index contributed by atoms with van der Waals surface area (Å²) < 4.78 is 46.4. The molecule has 8 rings (SSSR count). The third-order valence-electron chi connectivity index (χ3n) is 7.57. The second kappa shape index (κ2) is 8.09. The van der Waals surface area contributed by atoms with Crippen molar-refractivity contribution in [3.63, 3.8) is 0 Å². The Morgan fingerprint density at radius 1 is 1.13 bits per heavy atom. The van der Waals surface area contributed by atoms with Gasteiger partial charge in [0.2, 0.25) is 11.8 Å². The summed E-state index contributed by atoms with van der Waals surface area (Å²) in [7, 11) is 0.366. The van der Waals surface area contributed by atoms with Gasteiger partial charge in [-0.05, 0) is 51.7 Å². The molecule has 0 saturated heterocycles. The molecule has 2 aliphatic heterocycles. The van der Waals surface area contributed by atoms with Gasteiger partial charge in [-0.2, -0.15) is 15.3 Å². The van der Waals surface area contributed by atoms with E-state index in [1.165, 1.54) is 18.2 Å². The predicted molar refractivity (Wildman–Crippen MR) is 142 cm³/mol. The first-order valence-electron chi connectivity index (χ1n) is 12.4. The van der Waals surface area contributed by atoms with Crippen LogP contribution in [0.5, 0.6) is 0 Å². The summed E-state index contributed by atoms with van der Waals surface area (Å²) in [6, 6.07) is 6.17. The number of nitriles is 1. The van der Waals surface area contributed by atoms with Gasteiger partial charge in [-0.1, -0.05) is 0 Å². The van der Waals surface area contributed by atoms with Crippen LogP contribution in [-0.4, -0.2) is 52.1 Å². The second-order valence-corrected chi connectivity index (χ2v) is 13.0. The van der Waals surface area contributed by atoms with Gasteiger partial charge in [0.15, 0.2) is 17.5 Å². The Bertz CT molecular complexity index is 1850. The highest BCUT2D eigenvalue weighted by Gasteiger charge is 2.40. The Hall–Kier alpha value is -4.31. The van der Waals surface area contributed by atoms with Gasteiger partial charge in [0, 0.05) is 54.7 Å². The molecule has 2 saturated carbocycles. The third kappa shape index (κ3) is 3.69. The summed E-state index contributed by atoms with van der Waals surface area (Å²) >= 11 is 0. The van der Waals surface area contributed by atoms with Crippen molar-refractivity contribution in [1.82, 2.24) is 29.7 Å². The lowest BCUT2D eigenvalue weighted by Gasteiger charge is -2.22. The van der Waals surface area contributed by atoms with Gasteiger partial charge in [0.25, 0.3) is 0 Å². The highest BCUT2D eigenvalue weighted by Crippen LogP contribution is 2.48. The monoisotopic (exact) mass is 547 g/mol. The van der Waals surface area contributed by atoms with Crippen molar-refractivity contribution in [1.29, 1.82) is 5.26 Å². The lowest BCUT2D eigenvalue weighted by molar-refractivity contribution is 0.576. The largest absolute Gasteiger partial charge is 0.325 e. The first kappa shape index (κ1) is 23.8. The van der Waals surface area contributed by atoms with Gasteiger partial charge in [-0.3, -0.25) is 9.31 Å². The van der Waals surface area contributed by atoms with Crippen molar-refractivity contribution >= 4 is 37.7 Å². The number of rotatable bonds is 2. The van der Waals surface area contributed by atoms with E-state index in [4.69, 9.17) is 9.97 Å². The predicted octanol–water partition coefficient (Wildman–Crippen LogP) is 4.09. The number of H-pyrrole nitrogens is 1. The first-order chi connectivity index (χ1) is 18.7. The fraction of sp³-hybridized carbons (Fsp3) is 0.308. The lowest BCUT2D eigenvalue weighted by atomic mass is 10.1. The Kier molecular flexibility index (Phi) is 4.94. The maximum absolute atomic E-state index is 15.5. The fourth-order valence-corrected chi connectivity index (χ4v) is 7.35. The molecule has 0 spiro atoms. The van der Waals surface area contributed by atoms with Gasteiger partial charge in [-0.25, -0.2) is 18.7 Å². The number of hydrogen-bond acceptors (Lipinski definition) is 8. The number of nitrogens with zero attached hydrogens (tertiary/aromatic N) is 7. The van der Waals surface area contributed by atoms with Gasteiger partial charge in [0.1, 0.15) is 29.0 Å². The molecule has 2 N–H and O–H groups in total. The molecule has 0 radical (unpaired) electrons. The van der Waals surface area contributed by atoms with Gasteiger partial charge in [0.05, 0.1) is 0 Å². The number of halogens is 2. The highest BCUT2D eigenvalue weighted by atomic mass is 32.2. The molecule has 0 amide bonds. The number of hydrogen-bond donors (Lipinski definition) is 2. The molecule has 198 valence electrons. The summed E-state index contributed by atoms with van der Waals surface area (Å²) in [6.45, 7) is 0. The smallest absolute Gasteiger partial charge is 0.232 e. The van der Waals surface area contributed by atoms with E-state index in [9.17, 15) is 9.47 Å². The molecule has 4 aliphatic rings. The van der Waals surface area contributed by atoms with Crippen LogP contribution in [0.4, 0.5) is 32.1 Å². The summed E-state index contributed by atoms with van der Waals surface area (Å²) in [4.78, 5) is 15.9. The minimum absolute atomic E-state index is 0.0201. The zero-order valence-corrected chi connectivity index (χ0v) is 22.1. The van der Waals surface area contributed by atoms with Crippen molar-refractivity contribution in [2.75, 3.05) is 23.5 Å². The third-order valence-corrected chi connectivity index (χ3v) is 10.2. The van der Waals surface area contributed by atoms with E-state index < -0.39 is 21.2 Å². The minimum Gasteiger partial charge on any atom is -0.325 e. The topological polar surface area (TPSA) is 128 Å². The second-order valence-electron chi connectivity index (χ2n) is 10.3. The zero-order valence-electron chi connectivity index (χ0n) is 21.3. The van der Waals surface area contributed by atoms with Crippen molar-refractivity contribution in [2.24, 2.45) is 7.05 Å². The summed E-state index contributed by atoms with van der Waals surface area (Å²) in [6.07, 6.45) is 5.60. The average Bonchev–Trinajstić information content (AvgIpc) is 3.81. The van der Waals surface area contributed by atoms with Crippen LogP contribution in [0.2, 0.25) is 0 Å². The summed E-state index contributed by atoms with van der Waals surface area (Å²) in [5, 5.41) is 20.2. The molecule has 2 atom stereocenters. The SMILES string of the molecule is CN1c2nc(c(C3CC3)c(-c3cn(C)c(C#N)n3)n2)Nc2cc([nH]n2)C2CC2=S(C)(=O)c2cc(F)c1c(F)c2. The van der Waals surface area contributed by atoms with Crippen LogP contribution in [0.3, 0.4) is 0 Å². The minimum atomic E-state index is -2.82. The van der Waals surface area contributed by atoms with Crippen molar-refractivity contribution in [3.05, 3.63) is 53.1 Å². The molecular formula is C26H23F2N9OS. The van der Waals surface area contributed by atoms with Crippen LogP contribution in [0.15, 0.2) is 29.3 Å². The molecule has 3 aromatic heterocycles. The van der Waals surface area contributed by atoms with E-state index in [1.807, 2.05) is 6.07 Å². The van der Waals surface area contributed by atoms with E-state index in [0.717, 1.165) is 41.1 Å². The summed E-state index contributed by atoms with van der Waals surface area (Å²) in [5.74, 6) is -0.564. The molecule has 39 heavy (non-hydrogen) atoms. The van der Waals surface area contributed by atoms with E-state index in [0.29, 0.717) is 29.4 Å².